The Bertz CT molecular complexity index is 1250. The number of benzene rings is 3. The molecule has 0 N–H and O–H groups in total. The Balaban J connectivity index is 1.52. The average Bonchev–Trinajstić information content (AvgIpc) is 3.08. The fourth-order valence-electron chi connectivity index (χ4n) is 3.34. The van der Waals surface area contributed by atoms with E-state index in [1.807, 2.05) is 43.3 Å². The van der Waals surface area contributed by atoms with Crippen LogP contribution in [0.5, 0.6) is 11.5 Å². The molecule has 1 fully saturated rings. The highest BCUT2D eigenvalue weighted by molar-refractivity contribution is 8.18. The maximum Gasteiger partial charge on any atom is 0.343 e. The van der Waals surface area contributed by atoms with Crippen LogP contribution >= 0.6 is 11.8 Å². The fourth-order valence-corrected chi connectivity index (χ4v) is 4.18. The van der Waals surface area contributed by atoms with E-state index in [0.29, 0.717) is 21.8 Å². The van der Waals surface area contributed by atoms with Crippen molar-refractivity contribution in [2.45, 2.75) is 13.5 Å². The van der Waals surface area contributed by atoms with Crippen LogP contribution in [0.15, 0.2) is 77.7 Å². The monoisotopic (exact) mass is 459 g/mol. The number of rotatable bonds is 6. The van der Waals surface area contributed by atoms with Crippen molar-refractivity contribution in [3.63, 3.8) is 0 Å². The molecular formula is C26H21NO5S. The Kier molecular flexibility index (Phi) is 6.60. The van der Waals surface area contributed by atoms with E-state index in [-0.39, 0.29) is 23.4 Å². The van der Waals surface area contributed by atoms with Crippen LogP contribution in [0.4, 0.5) is 4.79 Å². The lowest BCUT2D eigenvalue weighted by atomic mass is 10.1. The van der Waals surface area contributed by atoms with Gasteiger partial charge in [-0.3, -0.25) is 14.5 Å². The molecule has 0 saturated carbocycles. The van der Waals surface area contributed by atoms with E-state index in [0.717, 1.165) is 22.9 Å². The Hall–Kier alpha value is -3.84. The number of amides is 2. The summed E-state index contributed by atoms with van der Waals surface area (Å²) in [5.41, 5.74) is 2.91. The lowest BCUT2D eigenvalue weighted by molar-refractivity contribution is -0.123. The first kappa shape index (κ1) is 22.4. The molecule has 4 rings (SSSR count). The highest BCUT2D eigenvalue weighted by Crippen LogP contribution is 2.35. The van der Waals surface area contributed by atoms with E-state index < -0.39 is 5.97 Å². The maximum absolute atomic E-state index is 12.8. The van der Waals surface area contributed by atoms with Crippen molar-refractivity contribution in [1.29, 1.82) is 0 Å². The molecule has 166 valence electrons. The smallest absolute Gasteiger partial charge is 0.343 e. The molecule has 3 aromatic rings. The molecule has 2 amide bonds. The quantitative estimate of drug-likeness (QED) is 0.277. The highest BCUT2D eigenvalue weighted by atomic mass is 32.2. The first-order valence-electron chi connectivity index (χ1n) is 10.2. The van der Waals surface area contributed by atoms with Gasteiger partial charge in [0.25, 0.3) is 11.1 Å². The van der Waals surface area contributed by atoms with Crippen LogP contribution in [0.25, 0.3) is 6.08 Å². The van der Waals surface area contributed by atoms with Crippen molar-refractivity contribution in [2.75, 3.05) is 7.11 Å². The van der Waals surface area contributed by atoms with Gasteiger partial charge < -0.3 is 9.47 Å². The number of hydrogen-bond donors (Lipinski definition) is 0. The molecule has 0 radical (unpaired) electrons. The Labute approximate surface area is 195 Å². The van der Waals surface area contributed by atoms with Crippen molar-refractivity contribution >= 4 is 35.0 Å². The van der Waals surface area contributed by atoms with Crippen molar-refractivity contribution in [2.24, 2.45) is 0 Å². The van der Waals surface area contributed by atoms with Crippen LogP contribution < -0.4 is 9.47 Å². The van der Waals surface area contributed by atoms with E-state index in [1.165, 1.54) is 12.0 Å². The van der Waals surface area contributed by atoms with Gasteiger partial charge in [-0.25, -0.2) is 4.79 Å². The predicted octanol–water partition coefficient (Wildman–Crippen LogP) is 5.46. The second kappa shape index (κ2) is 9.75. The van der Waals surface area contributed by atoms with E-state index in [4.69, 9.17) is 9.47 Å². The standard InChI is InChI=1S/C26H21NO5S/c1-17-7-6-10-20(13-17)25(29)32-21-12-11-19(14-22(21)31-2)15-23-24(28)27(26(30)33-23)16-18-8-4-3-5-9-18/h3-15H,16H2,1-2H3/b23-15-. The number of methoxy groups -OCH3 is 1. The van der Waals surface area contributed by atoms with Gasteiger partial charge in [0.1, 0.15) is 0 Å². The Morgan fingerprint density at radius 2 is 1.76 bits per heavy atom. The van der Waals surface area contributed by atoms with Gasteiger partial charge in [-0.2, -0.15) is 0 Å². The molecule has 0 bridgehead atoms. The van der Waals surface area contributed by atoms with Crippen LogP contribution in [-0.2, 0) is 11.3 Å². The number of carbonyl (C=O) groups is 3. The van der Waals surface area contributed by atoms with Crippen LogP contribution in [0.3, 0.4) is 0 Å². The lowest BCUT2D eigenvalue weighted by Gasteiger charge is -2.12. The summed E-state index contributed by atoms with van der Waals surface area (Å²) in [6.07, 6.45) is 1.63. The van der Waals surface area contributed by atoms with E-state index in [2.05, 4.69) is 0 Å². The summed E-state index contributed by atoms with van der Waals surface area (Å²) >= 11 is 0.895. The number of ether oxygens (including phenoxy) is 2. The van der Waals surface area contributed by atoms with Crippen LogP contribution in [-0.4, -0.2) is 29.1 Å². The van der Waals surface area contributed by atoms with Gasteiger partial charge in [-0.15, -0.1) is 0 Å². The molecule has 1 aliphatic heterocycles. The molecule has 1 aliphatic rings. The number of aryl methyl sites for hydroxylation is 1. The van der Waals surface area contributed by atoms with Crippen LogP contribution in [0.1, 0.15) is 27.0 Å². The normalized spacial score (nSPS) is 14.6. The number of imide groups is 1. The number of esters is 1. The minimum atomic E-state index is -0.494. The summed E-state index contributed by atoms with van der Waals surface area (Å²) in [6.45, 7) is 2.12. The summed E-state index contributed by atoms with van der Waals surface area (Å²) < 4.78 is 10.9. The van der Waals surface area contributed by atoms with Gasteiger partial charge >= 0.3 is 5.97 Å². The molecule has 3 aromatic carbocycles. The van der Waals surface area contributed by atoms with Gasteiger partial charge in [0.2, 0.25) is 0 Å². The SMILES string of the molecule is COc1cc(/C=C2\SC(=O)N(Cc3ccccc3)C2=O)ccc1OC(=O)c1cccc(C)c1. The van der Waals surface area contributed by atoms with Crippen molar-refractivity contribution in [3.05, 3.63) is 100.0 Å². The summed E-state index contributed by atoms with van der Waals surface area (Å²) in [4.78, 5) is 39.2. The van der Waals surface area contributed by atoms with Crippen molar-refractivity contribution in [1.82, 2.24) is 4.90 Å². The predicted molar refractivity (Wildman–Crippen MR) is 127 cm³/mol. The third-order valence-electron chi connectivity index (χ3n) is 5.00. The van der Waals surface area contributed by atoms with Crippen molar-refractivity contribution in [3.8, 4) is 11.5 Å². The zero-order valence-corrected chi connectivity index (χ0v) is 18.9. The minimum Gasteiger partial charge on any atom is -0.493 e. The molecule has 1 saturated heterocycles. The number of thioether (sulfide) groups is 1. The zero-order chi connectivity index (χ0) is 23.4. The summed E-state index contributed by atoms with van der Waals surface area (Å²) in [5.74, 6) is -0.235. The first-order valence-corrected chi connectivity index (χ1v) is 11.0. The van der Waals surface area contributed by atoms with E-state index >= 15 is 0 Å². The molecule has 0 aliphatic carbocycles. The zero-order valence-electron chi connectivity index (χ0n) is 18.1. The number of nitrogens with zero attached hydrogens (tertiary/aromatic N) is 1. The van der Waals surface area contributed by atoms with Gasteiger partial charge in [-0.05, 0) is 60.2 Å². The molecule has 0 atom stereocenters. The Morgan fingerprint density at radius 3 is 2.48 bits per heavy atom. The minimum absolute atomic E-state index is 0.222. The van der Waals surface area contributed by atoms with Gasteiger partial charge in [0.15, 0.2) is 11.5 Å². The van der Waals surface area contributed by atoms with E-state index in [1.54, 1.807) is 42.5 Å². The van der Waals surface area contributed by atoms with Gasteiger partial charge in [0.05, 0.1) is 24.1 Å². The third-order valence-corrected chi connectivity index (χ3v) is 5.91. The molecular weight excluding hydrogens is 438 g/mol. The van der Waals surface area contributed by atoms with E-state index in [9.17, 15) is 14.4 Å². The lowest BCUT2D eigenvalue weighted by Crippen LogP contribution is -2.27. The second-order valence-corrected chi connectivity index (χ2v) is 8.42. The third kappa shape index (κ3) is 5.15. The second-order valence-electron chi connectivity index (χ2n) is 7.42. The fraction of sp³-hybridized carbons (Fsp3) is 0.115. The number of carbonyl (C=O) groups excluding carboxylic acids is 3. The molecule has 0 unspecified atom stereocenters. The number of hydrogen-bond acceptors (Lipinski definition) is 6. The van der Waals surface area contributed by atoms with Gasteiger partial charge in [-0.1, -0.05) is 54.1 Å². The highest BCUT2D eigenvalue weighted by Gasteiger charge is 2.35. The summed E-state index contributed by atoms with van der Waals surface area (Å²) in [6, 6.07) is 21.4. The maximum atomic E-state index is 12.8. The molecule has 33 heavy (non-hydrogen) atoms. The van der Waals surface area contributed by atoms with Gasteiger partial charge in [0, 0.05) is 0 Å². The topological polar surface area (TPSA) is 72.9 Å². The molecule has 0 aromatic heterocycles. The Morgan fingerprint density at radius 1 is 0.970 bits per heavy atom. The molecule has 6 nitrogen and oxygen atoms in total. The first-order chi connectivity index (χ1) is 15.9. The van der Waals surface area contributed by atoms with Crippen LogP contribution in [0, 0.1) is 6.92 Å². The molecule has 1 heterocycles. The summed E-state index contributed by atoms with van der Waals surface area (Å²) in [7, 11) is 1.47. The average molecular weight is 460 g/mol. The van der Waals surface area contributed by atoms with Crippen LogP contribution in [0.2, 0.25) is 0 Å². The molecule has 7 heteroatoms. The molecule has 0 spiro atoms. The largest absolute Gasteiger partial charge is 0.493 e. The summed E-state index contributed by atoms with van der Waals surface area (Å²) in [5, 5.41) is -0.314. The van der Waals surface area contributed by atoms with Crippen molar-refractivity contribution < 1.29 is 23.9 Å².